The largest absolute Gasteiger partial charge is 0.361 e. The molecule has 112 valence electrons. The average molecular weight is 276 g/mol. The van der Waals surface area contributed by atoms with Crippen LogP contribution in [0.2, 0.25) is 0 Å². The Morgan fingerprint density at radius 3 is 2.95 bits per heavy atom. The van der Waals surface area contributed by atoms with E-state index in [0.29, 0.717) is 0 Å². The molecule has 0 amide bonds. The number of ether oxygens (including phenoxy) is 1. The molecule has 3 nitrogen and oxygen atoms in total. The van der Waals surface area contributed by atoms with Gasteiger partial charge in [-0.05, 0) is 43.8 Å². The van der Waals surface area contributed by atoms with Gasteiger partial charge in [0.2, 0.25) is 0 Å². The molecule has 0 bridgehead atoms. The van der Waals surface area contributed by atoms with E-state index in [-0.39, 0.29) is 0 Å². The molecule has 1 heterocycles. The number of hydrogen-bond acceptors (Lipinski definition) is 3. The molecule has 1 aliphatic rings. The second-order valence-electron chi connectivity index (χ2n) is 5.75. The quantitative estimate of drug-likeness (QED) is 0.739. The maximum Gasteiger partial charge on any atom is 0.0994 e. The van der Waals surface area contributed by atoms with E-state index in [2.05, 4.69) is 41.4 Å². The van der Waals surface area contributed by atoms with Crippen LogP contribution in [0, 0.1) is 5.92 Å². The summed E-state index contributed by atoms with van der Waals surface area (Å²) >= 11 is 0. The van der Waals surface area contributed by atoms with Crippen molar-refractivity contribution in [2.24, 2.45) is 5.92 Å². The van der Waals surface area contributed by atoms with Gasteiger partial charge in [0.15, 0.2) is 0 Å². The second kappa shape index (κ2) is 9.11. The van der Waals surface area contributed by atoms with Crippen LogP contribution in [0.1, 0.15) is 31.7 Å². The summed E-state index contributed by atoms with van der Waals surface area (Å²) in [5, 5.41) is 3.54. The molecule has 1 fully saturated rings. The Kier molecular flexibility index (Phi) is 7.06. The summed E-state index contributed by atoms with van der Waals surface area (Å²) in [5.41, 5.74) is 1.26. The van der Waals surface area contributed by atoms with Gasteiger partial charge in [-0.1, -0.05) is 37.3 Å². The molecule has 1 unspecified atom stereocenters. The molecule has 0 saturated carbocycles. The fraction of sp³-hybridized carbons (Fsp3) is 0.647. The van der Waals surface area contributed by atoms with E-state index in [4.69, 9.17) is 4.74 Å². The molecule has 0 spiro atoms. The van der Waals surface area contributed by atoms with Gasteiger partial charge in [0.25, 0.3) is 0 Å². The molecule has 0 aliphatic carbocycles. The lowest BCUT2D eigenvalue weighted by Crippen LogP contribution is -2.40. The molecule has 1 N–H and O–H groups in total. The summed E-state index contributed by atoms with van der Waals surface area (Å²) in [6.45, 7) is 8.35. The van der Waals surface area contributed by atoms with Crippen molar-refractivity contribution in [3.63, 3.8) is 0 Å². The van der Waals surface area contributed by atoms with E-state index in [1.165, 1.54) is 37.9 Å². The predicted molar refractivity (Wildman–Crippen MR) is 83.6 cm³/mol. The molecule has 1 atom stereocenters. The molecule has 0 radical (unpaired) electrons. The topological polar surface area (TPSA) is 24.5 Å². The van der Waals surface area contributed by atoms with Gasteiger partial charge in [-0.25, -0.2) is 0 Å². The number of rotatable bonds is 8. The molecule has 20 heavy (non-hydrogen) atoms. The van der Waals surface area contributed by atoms with Crippen LogP contribution in [0.3, 0.4) is 0 Å². The summed E-state index contributed by atoms with van der Waals surface area (Å²) in [6.07, 6.45) is 3.87. The average Bonchev–Trinajstić information content (AvgIpc) is 2.49. The highest BCUT2D eigenvalue weighted by Gasteiger charge is 2.19. The first-order chi connectivity index (χ1) is 9.88. The molecule has 1 aromatic rings. The van der Waals surface area contributed by atoms with Crippen molar-refractivity contribution in [2.45, 2.75) is 32.8 Å². The lowest BCUT2D eigenvalue weighted by atomic mass is 9.98. The maximum atomic E-state index is 5.84. The summed E-state index contributed by atoms with van der Waals surface area (Å²) in [5.74, 6) is 0.788. The van der Waals surface area contributed by atoms with E-state index in [1.807, 2.05) is 6.07 Å². The van der Waals surface area contributed by atoms with Gasteiger partial charge in [0, 0.05) is 13.1 Å². The van der Waals surface area contributed by atoms with Crippen molar-refractivity contribution >= 4 is 0 Å². The van der Waals surface area contributed by atoms with Gasteiger partial charge in [-0.15, -0.1) is 0 Å². The smallest absolute Gasteiger partial charge is 0.0994 e. The second-order valence-corrected chi connectivity index (χ2v) is 5.75. The zero-order valence-corrected chi connectivity index (χ0v) is 12.7. The number of piperidine rings is 1. The molecule has 2 rings (SSSR count). The van der Waals surface area contributed by atoms with Gasteiger partial charge in [0.1, 0.15) is 0 Å². The normalized spacial score (nSPS) is 20.1. The lowest BCUT2D eigenvalue weighted by Gasteiger charge is -2.32. The SMILES string of the molecule is CCCNCC1CCCN(COCc2ccccc2)C1. The Morgan fingerprint density at radius 2 is 2.15 bits per heavy atom. The number of benzene rings is 1. The van der Waals surface area contributed by atoms with Crippen molar-refractivity contribution in [1.29, 1.82) is 0 Å². The fourth-order valence-electron chi connectivity index (χ4n) is 2.78. The first kappa shape index (κ1) is 15.5. The minimum atomic E-state index is 0.718. The van der Waals surface area contributed by atoms with Crippen molar-refractivity contribution in [3.05, 3.63) is 35.9 Å². The van der Waals surface area contributed by atoms with Crippen molar-refractivity contribution in [2.75, 3.05) is 32.9 Å². The van der Waals surface area contributed by atoms with Crippen LogP contribution in [0.15, 0.2) is 30.3 Å². The Hall–Kier alpha value is -0.900. The molecule has 1 aliphatic heterocycles. The van der Waals surface area contributed by atoms with Crippen LogP contribution in [-0.2, 0) is 11.3 Å². The zero-order valence-electron chi connectivity index (χ0n) is 12.7. The monoisotopic (exact) mass is 276 g/mol. The standard InChI is InChI=1S/C17H28N2O/c1-2-10-18-12-17-9-6-11-19(13-17)15-20-14-16-7-4-3-5-8-16/h3-5,7-8,17-18H,2,6,9-15H2,1H3. The Balaban J connectivity index is 1.63. The van der Waals surface area contributed by atoms with Gasteiger partial charge in [-0.3, -0.25) is 4.90 Å². The van der Waals surface area contributed by atoms with Gasteiger partial charge in [-0.2, -0.15) is 0 Å². The van der Waals surface area contributed by atoms with Crippen molar-refractivity contribution in [1.82, 2.24) is 10.2 Å². The molecule has 0 aromatic heterocycles. The third-order valence-corrected chi connectivity index (χ3v) is 3.85. The molecular weight excluding hydrogens is 248 g/mol. The minimum absolute atomic E-state index is 0.718. The van der Waals surface area contributed by atoms with Crippen LogP contribution < -0.4 is 5.32 Å². The third kappa shape index (κ3) is 5.61. The summed E-state index contributed by atoms with van der Waals surface area (Å²) in [7, 11) is 0. The van der Waals surface area contributed by atoms with Crippen LogP contribution in [0.25, 0.3) is 0 Å². The Bertz CT molecular complexity index is 355. The van der Waals surface area contributed by atoms with Crippen LogP contribution >= 0.6 is 0 Å². The van der Waals surface area contributed by atoms with Crippen LogP contribution in [0.4, 0.5) is 0 Å². The van der Waals surface area contributed by atoms with Gasteiger partial charge < -0.3 is 10.1 Å². The zero-order chi connectivity index (χ0) is 14.0. The number of nitrogens with one attached hydrogen (secondary N) is 1. The Morgan fingerprint density at radius 1 is 1.30 bits per heavy atom. The Labute approximate surface area is 123 Å². The van der Waals surface area contributed by atoms with E-state index >= 15 is 0 Å². The first-order valence-electron chi connectivity index (χ1n) is 7.93. The minimum Gasteiger partial charge on any atom is -0.361 e. The van der Waals surface area contributed by atoms with Crippen molar-refractivity contribution in [3.8, 4) is 0 Å². The molecular formula is C17H28N2O. The highest BCUT2D eigenvalue weighted by Crippen LogP contribution is 2.15. The highest BCUT2D eigenvalue weighted by atomic mass is 16.5. The van der Waals surface area contributed by atoms with E-state index in [0.717, 1.165) is 32.3 Å². The summed E-state index contributed by atoms with van der Waals surface area (Å²) < 4.78 is 5.84. The summed E-state index contributed by atoms with van der Waals surface area (Å²) in [6, 6.07) is 10.4. The number of likely N-dealkylation sites (tertiary alicyclic amines) is 1. The van der Waals surface area contributed by atoms with E-state index < -0.39 is 0 Å². The lowest BCUT2D eigenvalue weighted by molar-refractivity contribution is -0.00171. The number of hydrogen-bond donors (Lipinski definition) is 1. The van der Waals surface area contributed by atoms with Gasteiger partial charge in [0.05, 0.1) is 13.3 Å². The number of nitrogens with zero attached hydrogens (tertiary/aromatic N) is 1. The van der Waals surface area contributed by atoms with Crippen molar-refractivity contribution < 1.29 is 4.74 Å². The van der Waals surface area contributed by atoms with Gasteiger partial charge >= 0.3 is 0 Å². The summed E-state index contributed by atoms with van der Waals surface area (Å²) in [4.78, 5) is 2.45. The van der Waals surface area contributed by atoms with Crippen LogP contribution in [0.5, 0.6) is 0 Å². The predicted octanol–water partition coefficient (Wildman–Crippen LogP) is 2.87. The fourth-order valence-corrected chi connectivity index (χ4v) is 2.78. The molecule has 3 heteroatoms. The molecule has 1 aromatic carbocycles. The first-order valence-corrected chi connectivity index (χ1v) is 7.93. The van der Waals surface area contributed by atoms with Crippen LogP contribution in [-0.4, -0.2) is 37.8 Å². The third-order valence-electron chi connectivity index (χ3n) is 3.85. The highest BCUT2D eigenvalue weighted by molar-refractivity contribution is 5.13. The molecule has 1 saturated heterocycles. The van der Waals surface area contributed by atoms with E-state index in [9.17, 15) is 0 Å². The maximum absolute atomic E-state index is 5.84. The van der Waals surface area contributed by atoms with E-state index in [1.54, 1.807) is 0 Å².